The Balaban J connectivity index is 1.24. The van der Waals surface area contributed by atoms with Crippen molar-refractivity contribution >= 4 is 79.7 Å². The van der Waals surface area contributed by atoms with E-state index < -0.39 is 8.07 Å². The third-order valence-corrected chi connectivity index (χ3v) is 14.4. The first-order valence-electron chi connectivity index (χ1n) is 20.5. The molecule has 9 aromatic carbocycles. The summed E-state index contributed by atoms with van der Waals surface area (Å²) in [5.74, 6) is 0. The lowest BCUT2D eigenvalue weighted by atomic mass is 9.79. The zero-order chi connectivity index (χ0) is 39.8. The Morgan fingerprint density at radius 1 is 0.397 bits per heavy atom. The number of fused-ring (bicyclic) bond motifs is 10. The summed E-state index contributed by atoms with van der Waals surface area (Å²) in [6.07, 6.45) is 0. The van der Waals surface area contributed by atoms with Gasteiger partial charge in [0.25, 0.3) is 0 Å². The Labute approximate surface area is 343 Å². The highest BCUT2D eigenvalue weighted by molar-refractivity contribution is 6.88. The SMILES string of the molecule is Cc1cccc(N(c2ccccc2)c2cc3c(c4ccccc24)-c2c(c4ccc(N(c5ccccc5)c5cccc([Si](C)(C)C)c5)cc4c4ccccc24)C3(C)C)c1. The number of aryl methyl sites for hydroxylation is 1. The highest BCUT2D eigenvalue weighted by atomic mass is 28.3. The zero-order valence-corrected chi connectivity index (χ0v) is 35.2. The van der Waals surface area contributed by atoms with Crippen LogP contribution in [0.5, 0.6) is 0 Å². The number of rotatable bonds is 7. The molecule has 2 nitrogen and oxygen atoms in total. The molecule has 1 aliphatic rings. The van der Waals surface area contributed by atoms with Gasteiger partial charge in [0.1, 0.15) is 0 Å². The number of benzene rings is 9. The van der Waals surface area contributed by atoms with Crippen LogP contribution in [0.1, 0.15) is 30.5 Å². The minimum absolute atomic E-state index is 0.285. The van der Waals surface area contributed by atoms with E-state index in [1.165, 1.54) is 76.7 Å². The average molecular weight is 765 g/mol. The van der Waals surface area contributed by atoms with E-state index in [1.807, 2.05) is 0 Å². The maximum atomic E-state index is 2.50. The summed E-state index contributed by atoms with van der Waals surface area (Å²) >= 11 is 0. The normalized spacial score (nSPS) is 13.1. The minimum Gasteiger partial charge on any atom is -0.310 e. The van der Waals surface area contributed by atoms with Crippen LogP contribution in [-0.4, -0.2) is 8.07 Å². The molecule has 0 saturated carbocycles. The summed E-state index contributed by atoms with van der Waals surface area (Å²) in [7, 11) is -1.55. The minimum atomic E-state index is -1.55. The van der Waals surface area contributed by atoms with E-state index in [9.17, 15) is 0 Å². The fraction of sp³-hybridized carbons (Fsp3) is 0.127. The van der Waals surface area contributed by atoms with Crippen LogP contribution in [0, 0.1) is 6.92 Å². The van der Waals surface area contributed by atoms with Crippen molar-refractivity contribution in [2.24, 2.45) is 0 Å². The van der Waals surface area contributed by atoms with E-state index >= 15 is 0 Å². The molecule has 0 atom stereocenters. The molecule has 0 bridgehead atoms. The second-order valence-electron chi connectivity index (χ2n) is 17.5. The van der Waals surface area contributed by atoms with Gasteiger partial charge in [-0.1, -0.05) is 154 Å². The highest BCUT2D eigenvalue weighted by Crippen LogP contribution is 2.59. The Morgan fingerprint density at radius 3 is 1.59 bits per heavy atom. The molecule has 0 N–H and O–H groups in total. The third kappa shape index (κ3) is 5.75. The molecule has 0 fully saturated rings. The van der Waals surface area contributed by atoms with E-state index in [4.69, 9.17) is 0 Å². The predicted molar refractivity (Wildman–Crippen MR) is 254 cm³/mol. The Morgan fingerprint density at radius 2 is 0.931 bits per heavy atom. The number of hydrogen-bond acceptors (Lipinski definition) is 2. The van der Waals surface area contributed by atoms with Gasteiger partial charge in [0.15, 0.2) is 0 Å². The average Bonchev–Trinajstić information content (AvgIpc) is 3.48. The van der Waals surface area contributed by atoms with Crippen molar-refractivity contribution in [2.75, 3.05) is 9.80 Å². The molecule has 0 unspecified atom stereocenters. The lowest BCUT2D eigenvalue weighted by Crippen LogP contribution is -2.37. The van der Waals surface area contributed by atoms with Crippen molar-refractivity contribution < 1.29 is 0 Å². The second-order valence-corrected chi connectivity index (χ2v) is 22.6. The maximum absolute atomic E-state index is 2.50. The van der Waals surface area contributed by atoms with Crippen LogP contribution < -0.4 is 15.0 Å². The first-order valence-corrected chi connectivity index (χ1v) is 24.0. The molecule has 0 aliphatic heterocycles. The van der Waals surface area contributed by atoms with E-state index in [2.05, 4.69) is 232 Å². The first kappa shape index (κ1) is 36.0. The molecular formula is C55H48N2Si. The fourth-order valence-corrected chi connectivity index (χ4v) is 10.7. The van der Waals surface area contributed by atoms with Crippen LogP contribution in [0.4, 0.5) is 34.1 Å². The molecule has 9 aromatic rings. The lowest BCUT2D eigenvalue weighted by molar-refractivity contribution is 0.667. The van der Waals surface area contributed by atoms with Gasteiger partial charge in [-0.05, 0) is 128 Å². The molecule has 0 saturated heterocycles. The van der Waals surface area contributed by atoms with E-state index in [1.54, 1.807) is 0 Å². The molecule has 0 amide bonds. The fourth-order valence-electron chi connectivity index (χ4n) is 9.57. The molecule has 58 heavy (non-hydrogen) atoms. The van der Waals surface area contributed by atoms with Crippen LogP contribution in [0.15, 0.2) is 182 Å². The molecule has 1 aliphatic carbocycles. The van der Waals surface area contributed by atoms with Crippen molar-refractivity contribution in [2.45, 2.75) is 45.8 Å². The summed E-state index contributed by atoms with van der Waals surface area (Å²) in [6.45, 7) is 14.3. The van der Waals surface area contributed by atoms with Crippen LogP contribution in [-0.2, 0) is 5.41 Å². The molecule has 0 spiro atoms. The Hall–Kier alpha value is -6.42. The van der Waals surface area contributed by atoms with Crippen LogP contribution in [0.25, 0.3) is 43.4 Å². The van der Waals surface area contributed by atoms with Gasteiger partial charge >= 0.3 is 0 Å². The van der Waals surface area contributed by atoms with Crippen molar-refractivity contribution in [3.05, 3.63) is 199 Å². The van der Waals surface area contributed by atoms with Gasteiger partial charge in [-0.3, -0.25) is 0 Å². The Kier molecular flexibility index (Phi) is 8.44. The summed E-state index contributed by atoms with van der Waals surface area (Å²) in [5, 5.41) is 9.16. The quantitative estimate of drug-likeness (QED) is 0.118. The summed E-state index contributed by atoms with van der Waals surface area (Å²) in [4.78, 5) is 4.89. The number of nitrogens with zero attached hydrogens (tertiary/aromatic N) is 2. The largest absolute Gasteiger partial charge is 0.310 e. The van der Waals surface area contributed by atoms with E-state index in [-0.39, 0.29) is 5.41 Å². The lowest BCUT2D eigenvalue weighted by Gasteiger charge is -2.30. The van der Waals surface area contributed by atoms with Crippen molar-refractivity contribution in [3.63, 3.8) is 0 Å². The summed E-state index contributed by atoms with van der Waals surface area (Å²) in [5.41, 5.74) is 13.4. The van der Waals surface area contributed by atoms with Crippen LogP contribution in [0.2, 0.25) is 19.6 Å². The van der Waals surface area contributed by atoms with Gasteiger partial charge in [0, 0.05) is 39.2 Å². The van der Waals surface area contributed by atoms with Crippen LogP contribution >= 0.6 is 0 Å². The Bertz CT molecular complexity index is 3030. The van der Waals surface area contributed by atoms with Gasteiger partial charge in [0.05, 0.1) is 13.8 Å². The molecular weight excluding hydrogens is 717 g/mol. The molecule has 0 radical (unpaired) electrons. The predicted octanol–water partition coefficient (Wildman–Crippen LogP) is 15.2. The van der Waals surface area contributed by atoms with Crippen molar-refractivity contribution in [1.29, 1.82) is 0 Å². The summed E-state index contributed by atoms with van der Waals surface area (Å²) < 4.78 is 0. The highest BCUT2D eigenvalue weighted by Gasteiger charge is 2.40. The van der Waals surface area contributed by atoms with Gasteiger partial charge in [0.2, 0.25) is 0 Å². The van der Waals surface area contributed by atoms with Crippen LogP contribution in [0.3, 0.4) is 0 Å². The van der Waals surface area contributed by atoms with Gasteiger partial charge in [-0.25, -0.2) is 0 Å². The topological polar surface area (TPSA) is 6.48 Å². The van der Waals surface area contributed by atoms with Gasteiger partial charge < -0.3 is 9.80 Å². The van der Waals surface area contributed by atoms with Crippen molar-refractivity contribution in [1.82, 2.24) is 0 Å². The van der Waals surface area contributed by atoms with Gasteiger partial charge in [-0.15, -0.1) is 0 Å². The molecule has 282 valence electrons. The summed E-state index contributed by atoms with van der Waals surface area (Å²) in [6, 6.07) is 67.7. The number of hydrogen-bond donors (Lipinski definition) is 0. The van der Waals surface area contributed by atoms with Crippen molar-refractivity contribution in [3.8, 4) is 11.1 Å². The smallest absolute Gasteiger partial charge is 0.0776 e. The van der Waals surface area contributed by atoms with E-state index in [0.717, 1.165) is 22.7 Å². The molecule has 3 heteroatoms. The number of para-hydroxylation sites is 2. The second kappa shape index (κ2) is 13.6. The first-order chi connectivity index (χ1) is 28.1. The zero-order valence-electron chi connectivity index (χ0n) is 34.2. The number of anilines is 6. The van der Waals surface area contributed by atoms with E-state index in [0.29, 0.717) is 0 Å². The molecule has 0 heterocycles. The maximum Gasteiger partial charge on any atom is 0.0776 e. The molecule has 10 rings (SSSR count). The monoisotopic (exact) mass is 764 g/mol. The molecule has 0 aromatic heterocycles. The van der Waals surface area contributed by atoms with Gasteiger partial charge in [-0.2, -0.15) is 0 Å². The standard InChI is InChI=1S/C55H48N2Si/c1-37-19-17-24-40(33-37)57(39-22-11-8-12-23-39)51-36-50-52(47-30-16-14-28-45(47)51)53-46-29-15-13-27-44(46)49-35-42(31-32-48(49)54(53)55(50,2)3)56(38-20-9-7-10-21-38)41-25-18-26-43(34-41)58(4,5)6/h7-36H,1-6H3. The third-order valence-electron chi connectivity index (χ3n) is 12.3.